The third-order valence-electron chi connectivity index (χ3n) is 2.89. The van der Waals surface area contributed by atoms with Gasteiger partial charge >= 0.3 is 0 Å². The lowest BCUT2D eigenvalue weighted by molar-refractivity contribution is 0.424. The van der Waals surface area contributed by atoms with Crippen LogP contribution >= 0.6 is 0 Å². The van der Waals surface area contributed by atoms with Crippen LogP contribution in [0.5, 0.6) is 0 Å². The van der Waals surface area contributed by atoms with E-state index in [2.05, 4.69) is 12.2 Å². The van der Waals surface area contributed by atoms with Gasteiger partial charge in [0, 0.05) is 12.1 Å². The molecule has 0 aromatic carbocycles. The maximum atomic E-state index is 3.70. The third-order valence-corrected chi connectivity index (χ3v) is 2.89. The first-order valence-corrected chi connectivity index (χ1v) is 4.62. The van der Waals surface area contributed by atoms with Gasteiger partial charge in [-0.05, 0) is 31.6 Å². The monoisotopic (exact) mass is 139 g/mol. The van der Waals surface area contributed by atoms with Gasteiger partial charge in [0.15, 0.2) is 0 Å². The van der Waals surface area contributed by atoms with Gasteiger partial charge in [-0.25, -0.2) is 0 Å². The molecule has 0 unspecified atom stereocenters. The Labute approximate surface area is 63.2 Å². The molecule has 0 amide bonds. The van der Waals surface area contributed by atoms with Crippen molar-refractivity contribution >= 4 is 0 Å². The Balaban J connectivity index is 1.79. The lowest BCUT2D eigenvalue weighted by Crippen LogP contribution is -2.32. The highest BCUT2D eigenvalue weighted by Gasteiger charge is 2.29. The SMILES string of the molecule is C[C@H]1CCC[C@H]1NC1CC1. The maximum Gasteiger partial charge on any atom is 0.00952 e. The Kier molecular flexibility index (Phi) is 1.69. The summed E-state index contributed by atoms with van der Waals surface area (Å²) in [5, 5.41) is 3.70. The van der Waals surface area contributed by atoms with Gasteiger partial charge in [-0.2, -0.15) is 0 Å². The largest absolute Gasteiger partial charge is 0.311 e. The summed E-state index contributed by atoms with van der Waals surface area (Å²) in [4.78, 5) is 0. The lowest BCUT2D eigenvalue weighted by atomic mass is 10.1. The van der Waals surface area contributed by atoms with Crippen molar-refractivity contribution in [2.24, 2.45) is 5.92 Å². The molecule has 1 nitrogen and oxygen atoms in total. The Hall–Kier alpha value is -0.0400. The number of hydrogen-bond donors (Lipinski definition) is 1. The van der Waals surface area contributed by atoms with Crippen molar-refractivity contribution in [1.29, 1.82) is 0 Å². The van der Waals surface area contributed by atoms with E-state index in [1.807, 2.05) is 0 Å². The number of nitrogens with one attached hydrogen (secondary N) is 1. The molecule has 0 heterocycles. The van der Waals surface area contributed by atoms with Crippen LogP contribution in [0.3, 0.4) is 0 Å². The number of rotatable bonds is 2. The van der Waals surface area contributed by atoms with Crippen LogP contribution < -0.4 is 5.32 Å². The first-order valence-electron chi connectivity index (χ1n) is 4.62. The lowest BCUT2D eigenvalue weighted by Gasteiger charge is -2.16. The maximum absolute atomic E-state index is 3.70. The standard InChI is InChI=1S/C9H17N/c1-7-3-2-4-9(7)10-8-5-6-8/h7-10H,2-6H2,1H3/t7-,9+/m0/s1. The highest BCUT2D eigenvalue weighted by Crippen LogP contribution is 2.29. The van der Waals surface area contributed by atoms with Crippen LogP contribution in [0.1, 0.15) is 39.0 Å². The fraction of sp³-hybridized carbons (Fsp3) is 1.00. The van der Waals surface area contributed by atoms with Crippen LogP contribution in [0.25, 0.3) is 0 Å². The first-order chi connectivity index (χ1) is 4.86. The minimum atomic E-state index is 0.868. The molecular weight excluding hydrogens is 122 g/mol. The van der Waals surface area contributed by atoms with Crippen molar-refractivity contribution < 1.29 is 0 Å². The van der Waals surface area contributed by atoms with Crippen LogP contribution in [-0.2, 0) is 0 Å². The Morgan fingerprint density at radius 3 is 2.40 bits per heavy atom. The average Bonchev–Trinajstić information content (AvgIpc) is 2.62. The molecule has 0 spiro atoms. The molecule has 1 heteroatoms. The summed E-state index contributed by atoms with van der Waals surface area (Å²) in [5.74, 6) is 0.945. The van der Waals surface area contributed by atoms with Crippen LogP contribution in [-0.4, -0.2) is 12.1 Å². The van der Waals surface area contributed by atoms with Crippen LogP contribution in [0, 0.1) is 5.92 Å². The second kappa shape index (κ2) is 2.54. The minimum Gasteiger partial charge on any atom is -0.311 e. The van der Waals surface area contributed by atoms with E-state index in [1.54, 1.807) is 0 Å². The first kappa shape index (κ1) is 6.66. The molecular formula is C9H17N. The van der Waals surface area contributed by atoms with Gasteiger partial charge in [0.25, 0.3) is 0 Å². The molecule has 2 fully saturated rings. The van der Waals surface area contributed by atoms with E-state index in [0.717, 1.165) is 18.0 Å². The highest BCUT2D eigenvalue weighted by atomic mass is 15.0. The smallest absolute Gasteiger partial charge is 0.00952 e. The molecule has 2 aliphatic carbocycles. The molecule has 58 valence electrons. The second-order valence-electron chi connectivity index (χ2n) is 3.96. The predicted octanol–water partition coefficient (Wildman–Crippen LogP) is 1.93. The molecule has 0 saturated heterocycles. The molecule has 0 radical (unpaired) electrons. The summed E-state index contributed by atoms with van der Waals surface area (Å²) in [6.07, 6.45) is 7.19. The van der Waals surface area contributed by atoms with E-state index in [9.17, 15) is 0 Å². The molecule has 0 bridgehead atoms. The molecule has 2 atom stereocenters. The third kappa shape index (κ3) is 1.34. The van der Waals surface area contributed by atoms with Crippen molar-refractivity contribution in [2.45, 2.75) is 51.1 Å². The summed E-state index contributed by atoms with van der Waals surface area (Å²) in [7, 11) is 0. The second-order valence-corrected chi connectivity index (χ2v) is 3.96. The van der Waals surface area contributed by atoms with E-state index < -0.39 is 0 Å². The van der Waals surface area contributed by atoms with Crippen molar-refractivity contribution in [2.75, 3.05) is 0 Å². The highest BCUT2D eigenvalue weighted by molar-refractivity contribution is 4.89. The van der Waals surface area contributed by atoms with Gasteiger partial charge in [-0.1, -0.05) is 13.3 Å². The van der Waals surface area contributed by atoms with Gasteiger partial charge in [-0.15, -0.1) is 0 Å². The van der Waals surface area contributed by atoms with Crippen molar-refractivity contribution in [1.82, 2.24) is 5.32 Å². The van der Waals surface area contributed by atoms with Crippen LogP contribution in [0.15, 0.2) is 0 Å². The zero-order chi connectivity index (χ0) is 6.97. The molecule has 2 aliphatic rings. The summed E-state index contributed by atoms with van der Waals surface area (Å²) >= 11 is 0. The Morgan fingerprint density at radius 2 is 1.90 bits per heavy atom. The zero-order valence-corrected chi connectivity index (χ0v) is 6.77. The molecule has 0 aliphatic heterocycles. The van der Waals surface area contributed by atoms with E-state index in [-0.39, 0.29) is 0 Å². The van der Waals surface area contributed by atoms with E-state index in [0.29, 0.717) is 0 Å². The Bertz CT molecular complexity index is 118. The molecule has 2 rings (SSSR count). The molecule has 0 aromatic rings. The average molecular weight is 139 g/mol. The number of hydrogen-bond acceptors (Lipinski definition) is 1. The van der Waals surface area contributed by atoms with Gasteiger partial charge in [0.05, 0.1) is 0 Å². The van der Waals surface area contributed by atoms with Gasteiger partial charge in [-0.3, -0.25) is 0 Å². The summed E-state index contributed by atoms with van der Waals surface area (Å²) < 4.78 is 0. The quantitative estimate of drug-likeness (QED) is 0.616. The molecule has 1 N–H and O–H groups in total. The zero-order valence-electron chi connectivity index (χ0n) is 6.77. The minimum absolute atomic E-state index is 0.868. The van der Waals surface area contributed by atoms with E-state index >= 15 is 0 Å². The van der Waals surface area contributed by atoms with Crippen LogP contribution in [0.4, 0.5) is 0 Å². The fourth-order valence-electron chi connectivity index (χ4n) is 1.95. The normalized spacial score (nSPS) is 40.5. The molecule has 0 aromatic heterocycles. The topological polar surface area (TPSA) is 12.0 Å². The fourth-order valence-corrected chi connectivity index (χ4v) is 1.95. The van der Waals surface area contributed by atoms with Gasteiger partial charge in [0.2, 0.25) is 0 Å². The van der Waals surface area contributed by atoms with E-state index in [1.165, 1.54) is 32.1 Å². The predicted molar refractivity (Wildman–Crippen MR) is 43.0 cm³/mol. The summed E-state index contributed by atoms with van der Waals surface area (Å²) in [5.41, 5.74) is 0. The van der Waals surface area contributed by atoms with Crippen LogP contribution in [0.2, 0.25) is 0 Å². The van der Waals surface area contributed by atoms with Gasteiger partial charge in [0.1, 0.15) is 0 Å². The molecule has 10 heavy (non-hydrogen) atoms. The van der Waals surface area contributed by atoms with Crippen molar-refractivity contribution in [3.8, 4) is 0 Å². The van der Waals surface area contributed by atoms with Crippen molar-refractivity contribution in [3.63, 3.8) is 0 Å². The Morgan fingerprint density at radius 1 is 1.10 bits per heavy atom. The van der Waals surface area contributed by atoms with Crippen molar-refractivity contribution in [3.05, 3.63) is 0 Å². The van der Waals surface area contributed by atoms with E-state index in [4.69, 9.17) is 0 Å². The van der Waals surface area contributed by atoms with Gasteiger partial charge < -0.3 is 5.32 Å². The molecule has 2 saturated carbocycles. The summed E-state index contributed by atoms with van der Waals surface area (Å²) in [6.45, 7) is 2.38. The summed E-state index contributed by atoms with van der Waals surface area (Å²) in [6, 6.07) is 1.78.